The largest absolute Gasteiger partial charge is 0.375 e. The van der Waals surface area contributed by atoms with Crippen molar-refractivity contribution in [3.8, 4) is 0 Å². The van der Waals surface area contributed by atoms with E-state index in [0.29, 0.717) is 38.7 Å². The summed E-state index contributed by atoms with van der Waals surface area (Å²) >= 11 is 6.24. The quantitative estimate of drug-likeness (QED) is 0.468. The van der Waals surface area contributed by atoms with E-state index in [1.165, 1.54) is 0 Å². The van der Waals surface area contributed by atoms with Gasteiger partial charge < -0.3 is 9.30 Å². The van der Waals surface area contributed by atoms with Gasteiger partial charge >= 0.3 is 0 Å². The zero-order chi connectivity index (χ0) is 21.2. The van der Waals surface area contributed by atoms with Crippen molar-refractivity contribution < 1.29 is 13.5 Å². The Labute approximate surface area is 181 Å². The van der Waals surface area contributed by atoms with Crippen LogP contribution in [0.4, 0.5) is 8.78 Å². The Bertz CT molecular complexity index is 1300. The zero-order valence-electron chi connectivity index (χ0n) is 16.5. The number of halogens is 3. The Morgan fingerprint density at radius 3 is 2.87 bits per heavy atom. The molecule has 0 spiro atoms. The van der Waals surface area contributed by atoms with Gasteiger partial charge in [0.15, 0.2) is 0 Å². The first-order chi connectivity index (χ1) is 15.0. The summed E-state index contributed by atoms with van der Waals surface area (Å²) in [4.78, 5) is 9.14. The molecule has 1 atom stereocenters. The van der Waals surface area contributed by atoms with Crippen LogP contribution in [0.2, 0.25) is 5.02 Å². The Hall–Kier alpha value is -2.65. The van der Waals surface area contributed by atoms with E-state index in [2.05, 4.69) is 15.3 Å². The summed E-state index contributed by atoms with van der Waals surface area (Å²) in [6.07, 6.45) is 5.92. The van der Waals surface area contributed by atoms with Crippen LogP contribution in [0.3, 0.4) is 0 Å². The number of aromatic nitrogens is 6. The van der Waals surface area contributed by atoms with Crippen molar-refractivity contribution in [3.63, 3.8) is 0 Å². The summed E-state index contributed by atoms with van der Waals surface area (Å²) in [6, 6.07) is 4.20. The van der Waals surface area contributed by atoms with Crippen LogP contribution < -0.4 is 0 Å². The molecule has 1 aliphatic heterocycles. The summed E-state index contributed by atoms with van der Waals surface area (Å²) in [6.45, 7) is -0.113. The molecular weight excluding hydrogens is 426 g/mol. The number of pyridine rings is 1. The Balaban J connectivity index is 1.56. The molecule has 31 heavy (non-hydrogen) atoms. The van der Waals surface area contributed by atoms with Crippen LogP contribution in [0, 0.1) is 0 Å². The summed E-state index contributed by atoms with van der Waals surface area (Å²) in [5.41, 5.74) is 2.78. The summed E-state index contributed by atoms with van der Waals surface area (Å²) in [7, 11) is 0. The van der Waals surface area contributed by atoms with E-state index < -0.39 is 18.6 Å². The second-order valence-electron chi connectivity index (χ2n) is 8.28. The first-order valence-electron chi connectivity index (χ1n) is 10.3. The van der Waals surface area contributed by atoms with Crippen molar-refractivity contribution in [1.82, 2.24) is 29.5 Å². The highest BCUT2D eigenvalue weighted by Gasteiger charge is 2.45. The van der Waals surface area contributed by atoms with Crippen LogP contribution in [0.1, 0.15) is 42.7 Å². The molecule has 1 aliphatic carbocycles. The Morgan fingerprint density at radius 2 is 2.06 bits per heavy atom. The fourth-order valence-corrected chi connectivity index (χ4v) is 4.55. The van der Waals surface area contributed by atoms with Gasteiger partial charge in [-0.15, -0.1) is 5.10 Å². The van der Waals surface area contributed by atoms with Crippen molar-refractivity contribution >= 4 is 33.5 Å². The molecule has 4 aromatic rings. The number of fused-ring (bicyclic) bond motifs is 3. The van der Waals surface area contributed by atoms with E-state index >= 15 is 8.78 Å². The molecule has 10 heteroatoms. The lowest BCUT2D eigenvalue weighted by atomic mass is 10.0. The Morgan fingerprint density at radius 1 is 1.19 bits per heavy atom. The standard InChI is InChI=1S/C21H19ClF2N6O/c22-13-3-4-15-14(7-13)20-16(8-25-15)26-19(10-29-9-17(27-28-29)12-1-2-12)30(20)18-5-6-31-11-21(18,23)24/h3-4,7-9,12,18H,1-2,5-6,10-11H2. The topological polar surface area (TPSA) is 70.7 Å². The summed E-state index contributed by atoms with van der Waals surface area (Å²) < 4.78 is 38.5. The number of hydrogen-bond donors (Lipinski definition) is 0. The first kappa shape index (κ1) is 19.1. The molecule has 1 aromatic carbocycles. The van der Waals surface area contributed by atoms with Gasteiger partial charge in [-0.2, -0.15) is 0 Å². The smallest absolute Gasteiger partial charge is 0.291 e. The number of imidazole rings is 1. The van der Waals surface area contributed by atoms with Gasteiger partial charge in [0, 0.05) is 29.1 Å². The molecule has 4 heterocycles. The van der Waals surface area contributed by atoms with Crippen LogP contribution in [0.25, 0.3) is 21.9 Å². The lowest BCUT2D eigenvalue weighted by Crippen LogP contribution is -2.41. The maximum Gasteiger partial charge on any atom is 0.291 e. The molecule has 1 saturated heterocycles. The predicted octanol–water partition coefficient (Wildman–Crippen LogP) is 4.35. The third-order valence-electron chi connectivity index (χ3n) is 6.04. The van der Waals surface area contributed by atoms with Gasteiger partial charge in [0.05, 0.1) is 22.9 Å². The van der Waals surface area contributed by atoms with Gasteiger partial charge in [0.25, 0.3) is 5.92 Å². The van der Waals surface area contributed by atoms with Crippen molar-refractivity contribution in [3.05, 3.63) is 47.1 Å². The average Bonchev–Trinajstić information content (AvgIpc) is 3.38. The lowest BCUT2D eigenvalue weighted by Gasteiger charge is -2.33. The first-order valence-corrected chi connectivity index (χ1v) is 10.7. The summed E-state index contributed by atoms with van der Waals surface area (Å²) in [5.74, 6) is -2.08. The van der Waals surface area contributed by atoms with Crippen LogP contribution in [0.15, 0.2) is 30.6 Å². The van der Waals surface area contributed by atoms with E-state index in [9.17, 15) is 0 Å². The molecule has 0 bridgehead atoms. The fraction of sp³-hybridized carbons (Fsp3) is 0.429. The predicted molar refractivity (Wildman–Crippen MR) is 111 cm³/mol. The van der Waals surface area contributed by atoms with Crippen LogP contribution in [-0.2, 0) is 11.3 Å². The van der Waals surface area contributed by atoms with Crippen molar-refractivity contribution in [2.24, 2.45) is 0 Å². The molecule has 6 rings (SSSR count). The third-order valence-corrected chi connectivity index (χ3v) is 6.27. The zero-order valence-corrected chi connectivity index (χ0v) is 17.3. The minimum absolute atomic E-state index is 0.181. The van der Waals surface area contributed by atoms with Gasteiger partial charge in [-0.25, -0.2) is 18.4 Å². The van der Waals surface area contributed by atoms with E-state index in [4.69, 9.17) is 21.3 Å². The maximum absolute atomic E-state index is 15.0. The molecule has 1 saturated carbocycles. The fourth-order valence-electron chi connectivity index (χ4n) is 4.37. The van der Waals surface area contributed by atoms with Gasteiger partial charge in [-0.1, -0.05) is 16.8 Å². The molecule has 1 unspecified atom stereocenters. The molecule has 160 valence electrons. The number of hydrogen-bond acceptors (Lipinski definition) is 5. The maximum atomic E-state index is 15.0. The van der Waals surface area contributed by atoms with Crippen LogP contribution in [-0.4, -0.2) is 48.7 Å². The number of benzene rings is 1. The highest BCUT2D eigenvalue weighted by Crippen LogP contribution is 2.41. The van der Waals surface area contributed by atoms with Crippen molar-refractivity contribution in [1.29, 1.82) is 0 Å². The van der Waals surface area contributed by atoms with E-state index in [1.54, 1.807) is 33.6 Å². The molecule has 7 nitrogen and oxygen atoms in total. The van der Waals surface area contributed by atoms with Gasteiger partial charge in [0.1, 0.15) is 30.5 Å². The Kier molecular flexibility index (Phi) is 4.26. The molecular formula is C21H19ClF2N6O. The summed E-state index contributed by atoms with van der Waals surface area (Å²) in [5, 5.41) is 9.66. The highest BCUT2D eigenvalue weighted by atomic mass is 35.5. The van der Waals surface area contributed by atoms with Crippen LogP contribution in [0.5, 0.6) is 0 Å². The monoisotopic (exact) mass is 444 g/mol. The molecule has 2 fully saturated rings. The second kappa shape index (κ2) is 6.93. The molecule has 3 aromatic heterocycles. The van der Waals surface area contributed by atoms with Gasteiger partial charge in [-0.05, 0) is 37.5 Å². The number of nitrogens with zero attached hydrogens (tertiary/aromatic N) is 6. The normalized spacial score (nSPS) is 21.2. The second-order valence-corrected chi connectivity index (χ2v) is 8.72. The third kappa shape index (κ3) is 3.27. The van der Waals surface area contributed by atoms with Crippen LogP contribution >= 0.6 is 11.6 Å². The number of ether oxygens (including phenoxy) is 1. The molecule has 0 amide bonds. The SMILES string of the molecule is FC1(F)COCCC1n1c(Cn2cc(C3CC3)nn2)nc2cnc3ccc(Cl)cc3c21. The molecule has 0 radical (unpaired) electrons. The minimum atomic E-state index is -3.03. The van der Waals surface area contributed by atoms with Gasteiger partial charge in [0.2, 0.25) is 0 Å². The van der Waals surface area contributed by atoms with Crippen molar-refractivity contribution in [2.45, 2.75) is 43.7 Å². The van der Waals surface area contributed by atoms with E-state index in [-0.39, 0.29) is 19.6 Å². The average molecular weight is 445 g/mol. The lowest BCUT2D eigenvalue weighted by molar-refractivity contribution is -0.147. The highest BCUT2D eigenvalue weighted by molar-refractivity contribution is 6.31. The molecule has 2 aliphatic rings. The minimum Gasteiger partial charge on any atom is -0.375 e. The number of alkyl halides is 2. The molecule has 0 N–H and O–H groups in total. The van der Waals surface area contributed by atoms with E-state index in [1.807, 2.05) is 6.20 Å². The van der Waals surface area contributed by atoms with E-state index in [0.717, 1.165) is 18.5 Å². The van der Waals surface area contributed by atoms with Crippen molar-refractivity contribution in [2.75, 3.05) is 13.2 Å². The van der Waals surface area contributed by atoms with Gasteiger partial charge in [-0.3, -0.25) is 4.98 Å². The number of rotatable bonds is 4.